The lowest BCUT2D eigenvalue weighted by molar-refractivity contribution is 0.208. The minimum Gasteiger partial charge on any atom is -0.371 e. The lowest BCUT2D eigenvalue weighted by Crippen LogP contribution is -2.41. The zero-order valence-corrected chi connectivity index (χ0v) is 9.76. The molecule has 15 heavy (non-hydrogen) atoms. The number of rotatable bonds is 4. The van der Waals surface area contributed by atoms with E-state index in [9.17, 15) is 4.39 Å². The molecule has 0 amide bonds. The number of nitrogens with two attached hydrogens (primary N) is 1. The molecule has 0 aliphatic heterocycles. The normalized spacial score (nSPS) is 14.7. The topological polar surface area (TPSA) is 29.3 Å². The molecule has 4 heteroatoms. The predicted molar refractivity (Wildman–Crippen MR) is 63.3 cm³/mol. The van der Waals surface area contributed by atoms with Gasteiger partial charge in [0.25, 0.3) is 0 Å². The van der Waals surface area contributed by atoms with E-state index in [1.54, 1.807) is 12.1 Å². The van der Waals surface area contributed by atoms with Crippen molar-refractivity contribution >= 4 is 17.3 Å². The van der Waals surface area contributed by atoms with Gasteiger partial charge in [-0.25, -0.2) is 4.39 Å². The van der Waals surface area contributed by atoms with E-state index < -0.39 is 5.67 Å². The average Bonchev–Trinajstić information content (AvgIpc) is 2.18. The minimum atomic E-state index is -1.37. The Morgan fingerprint density at radius 1 is 1.40 bits per heavy atom. The fourth-order valence-electron chi connectivity index (χ4n) is 1.35. The van der Waals surface area contributed by atoms with Crippen LogP contribution in [0.15, 0.2) is 24.3 Å². The molecule has 0 radical (unpaired) electrons. The van der Waals surface area contributed by atoms with Gasteiger partial charge < -0.3 is 10.6 Å². The zero-order chi connectivity index (χ0) is 11.5. The number of hydrogen-bond acceptors (Lipinski definition) is 2. The van der Waals surface area contributed by atoms with Crippen LogP contribution in [0.3, 0.4) is 0 Å². The van der Waals surface area contributed by atoms with Crippen LogP contribution in [0, 0.1) is 0 Å². The number of benzene rings is 1. The molecule has 1 rings (SSSR count). The summed E-state index contributed by atoms with van der Waals surface area (Å²) in [5.41, 5.74) is 4.89. The van der Waals surface area contributed by atoms with Gasteiger partial charge >= 0.3 is 0 Å². The standard InChI is InChI=1S/C11H16ClFN2/c1-11(13,7-14)8-15(2)10-5-3-9(12)4-6-10/h3-6H,7-8,14H2,1-2H3. The number of halogens is 2. The first-order chi connectivity index (χ1) is 6.94. The molecule has 0 spiro atoms. The third-order valence-electron chi connectivity index (χ3n) is 2.26. The van der Waals surface area contributed by atoms with Crippen LogP contribution >= 0.6 is 11.6 Å². The van der Waals surface area contributed by atoms with Crippen molar-refractivity contribution in [2.75, 3.05) is 25.0 Å². The number of alkyl halides is 1. The summed E-state index contributed by atoms with van der Waals surface area (Å²) in [5, 5.41) is 0.675. The van der Waals surface area contributed by atoms with E-state index in [0.29, 0.717) is 5.02 Å². The summed E-state index contributed by atoms with van der Waals surface area (Å²) in [4.78, 5) is 1.82. The third-order valence-corrected chi connectivity index (χ3v) is 2.51. The Morgan fingerprint density at radius 3 is 2.40 bits per heavy atom. The molecule has 0 fully saturated rings. The summed E-state index contributed by atoms with van der Waals surface area (Å²) >= 11 is 5.76. The highest BCUT2D eigenvalue weighted by molar-refractivity contribution is 6.30. The van der Waals surface area contributed by atoms with Crippen LogP contribution in [-0.4, -0.2) is 25.8 Å². The van der Waals surface area contributed by atoms with Gasteiger partial charge in [0.2, 0.25) is 0 Å². The van der Waals surface area contributed by atoms with Crippen molar-refractivity contribution in [3.63, 3.8) is 0 Å². The largest absolute Gasteiger partial charge is 0.371 e. The van der Waals surface area contributed by atoms with Gasteiger partial charge in [0, 0.05) is 24.3 Å². The monoisotopic (exact) mass is 230 g/mol. The summed E-state index contributed by atoms with van der Waals surface area (Å²) in [6, 6.07) is 7.28. The molecule has 2 N–H and O–H groups in total. The van der Waals surface area contributed by atoms with Gasteiger partial charge in [-0.15, -0.1) is 0 Å². The maximum atomic E-state index is 13.6. The first kappa shape index (κ1) is 12.3. The van der Waals surface area contributed by atoms with Crippen molar-refractivity contribution in [2.45, 2.75) is 12.6 Å². The van der Waals surface area contributed by atoms with Crippen LogP contribution in [0.2, 0.25) is 5.02 Å². The fraction of sp³-hybridized carbons (Fsp3) is 0.455. The van der Waals surface area contributed by atoms with E-state index in [1.807, 2.05) is 24.1 Å². The Balaban J connectivity index is 2.69. The summed E-state index contributed by atoms with van der Waals surface area (Å²) in [5.74, 6) is 0. The van der Waals surface area contributed by atoms with E-state index in [-0.39, 0.29) is 13.1 Å². The van der Waals surface area contributed by atoms with E-state index in [1.165, 1.54) is 6.92 Å². The first-order valence-corrected chi connectivity index (χ1v) is 5.18. The molecule has 1 atom stereocenters. The predicted octanol–water partition coefficient (Wildman–Crippen LogP) is 2.46. The highest BCUT2D eigenvalue weighted by atomic mass is 35.5. The van der Waals surface area contributed by atoms with Gasteiger partial charge in [-0.05, 0) is 31.2 Å². The van der Waals surface area contributed by atoms with E-state index in [0.717, 1.165) is 5.69 Å². The average molecular weight is 231 g/mol. The molecular formula is C11H16ClFN2. The van der Waals surface area contributed by atoms with Gasteiger partial charge in [0.05, 0.1) is 6.54 Å². The van der Waals surface area contributed by atoms with Crippen LogP contribution in [0.25, 0.3) is 0 Å². The maximum Gasteiger partial charge on any atom is 0.137 e. The van der Waals surface area contributed by atoms with Crippen LogP contribution < -0.4 is 10.6 Å². The summed E-state index contributed by atoms with van der Waals surface area (Å²) in [6.07, 6.45) is 0. The molecule has 1 aromatic carbocycles. The van der Waals surface area contributed by atoms with Crippen LogP contribution in [0.5, 0.6) is 0 Å². The van der Waals surface area contributed by atoms with Gasteiger partial charge in [-0.1, -0.05) is 11.6 Å². The van der Waals surface area contributed by atoms with Crippen molar-refractivity contribution in [3.05, 3.63) is 29.3 Å². The van der Waals surface area contributed by atoms with Crippen LogP contribution in [-0.2, 0) is 0 Å². The Labute approximate surface area is 94.8 Å². The van der Waals surface area contributed by atoms with Crippen molar-refractivity contribution in [3.8, 4) is 0 Å². The van der Waals surface area contributed by atoms with Gasteiger partial charge in [0.1, 0.15) is 5.67 Å². The van der Waals surface area contributed by atoms with Gasteiger partial charge in [-0.2, -0.15) is 0 Å². The molecule has 0 aromatic heterocycles. The van der Waals surface area contributed by atoms with Gasteiger partial charge in [0.15, 0.2) is 0 Å². The van der Waals surface area contributed by atoms with E-state index >= 15 is 0 Å². The summed E-state index contributed by atoms with van der Waals surface area (Å²) in [7, 11) is 1.83. The number of nitrogens with zero attached hydrogens (tertiary/aromatic N) is 1. The Hall–Kier alpha value is -0.800. The molecule has 0 heterocycles. The summed E-state index contributed by atoms with van der Waals surface area (Å²) < 4.78 is 13.6. The van der Waals surface area contributed by atoms with Crippen molar-refractivity contribution in [1.82, 2.24) is 0 Å². The Kier molecular flexibility index (Phi) is 3.94. The van der Waals surface area contributed by atoms with Crippen LogP contribution in [0.4, 0.5) is 10.1 Å². The van der Waals surface area contributed by atoms with E-state index in [4.69, 9.17) is 17.3 Å². The van der Waals surface area contributed by atoms with Crippen molar-refractivity contribution in [1.29, 1.82) is 0 Å². The molecular weight excluding hydrogens is 215 g/mol. The highest BCUT2D eigenvalue weighted by Crippen LogP contribution is 2.19. The van der Waals surface area contributed by atoms with E-state index in [2.05, 4.69) is 0 Å². The molecule has 0 aliphatic carbocycles. The SMILES string of the molecule is CN(CC(C)(F)CN)c1ccc(Cl)cc1. The molecule has 0 bridgehead atoms. The smallest absolute Gasteiger partial charge is 0.137 e. The molecule has 84 valence electrons. The van der Waals surface area contributed by atoms with Gasteiger partial charge in [-0.3, -0.25) is 0 Å². The first-order valence-electron chi connectivity index (χ1n) is 4.80. The lowest BCUT2D eigenvalue weighted by atomic mass is 10.1. The van der Waals surface area contributed by atoms with Crippen LogP contribution in [0.1, 0.15) is 6.92 Å². The number of anilines is 1. The molecule has 1 aromatic rings. The molecule has 0 saturated carbocycles. The Bertz CT molecular complexity index is 311. The summed E-state index contributed by atoms with van der Waals surface area (Å²) in [6.45, 7) is 1.79. The molecule has 0 saturated heterocycles. The lowest BCUT2D eigenvalue weighted by Gasteiger charge is -2.27. The van der Waals surface area contributed by atoms with Crippen molar-refractivity contribution < 1.29 is 4.39 Å². The minimum absolute atomic E-state index is 0.0188. The van der Waals surface area contributed by atoms with Crippen molar-refractivity contribution in [2.24, 2.45) is 5.73 Å². The third kappa shape index (κ3) is 3.68. The molecule has 2 nitrogen and oxygen atoms in total. The second-order valence-corrected chi connectivity index (χ2v) is 4.39. The fourth-order valence-corrected chi connectivity index (χ4v) is 1.47. The highest BCUT2D eigenvalue weighted by Gasteiger charge is 2.23. The molecule has 0 aliphatic rings. The quantitative estimate of drug-likeness (QED) is 0.861. The molecule has 1 unspecified atom stereocenters. The second kappa shape index (κ2) is 4.81. The zero-order valence-electron chi connectivity index (χ0n) is 9.00. The Morgan fingerprint density at radius 2 is 1.93 bits per heavy atom. The second-order valence-electron chi connectivity index (χ2n) is 3.95. The number of hydrogen-bond donors (Lipinski definition) is 1. The maximum absolute atomic E-state index is 13.6.